The fourth-order valence-electron chi connectivity index (χ4n) is 3.96. The predicted molar refractivity (Wildman–Crippen MR) is 96.5 cm³/mol. The van der Waals surface area contributed by atoms with E-state index in [2.05, 4.69) is 6.07 Å². The third-order valence-electron chi connectivity index (χ3n) is 5.06. The van der Waals surface area contributed by atoms with Crippen LogP contribution in [0.25, 0.3) is 10.9 Å². The largest absolute Gasteiger partial charge is 0.477 e. The van der Waals surface area contributed by atoms with E-state index in [-0.39, 0.29) is 11.5 Å². The lowest BCUT2D eigenvalue weighted by molar-refractivity contribution is 0.0693. The molecule has 3 aromatic rings. The van der Waals surface area contributed by atoms with Gasteiger partial charge >= 0.3 is 5.97 Å². The fraction of sp³-hybridized carbons (Fsp3) is 0.200. The molecule has 0 saturated heterocycles. The number of hydrogen-bond donors (Lipinski definition) is 2. The van der Waals surface area contributed by atoms with Crippen LogP contribution in [0.2, 0.25) is 0 Å². The van der Waals surface area contributed by atoms with E-state index in [1.54, 1.807) is 24.3 Å². The lowest BCUT2D eigenvalue weighted by Crippen LogP contribution is -2.31. The van der Waals surface area contributed by atoms with E-state index < -0.39 is 11.4 Å². The SMILES string of the molecule is Nn1c(C2CCCc3ccccc32)c(C(=O)O)c(=O)c2ccccc21. The van der Waals surface area contributed by atoms with Crippen LogP contribution in [0, 0.1) is 0 Å². The van der Waals surface area contributed by atoms with E-state index in [4.69, 9.17) is 5.84 Å². The van der Waals surface area contributed by atoms with Gasteiger partial charge in [0.05, 0.1) is 11.2 Å². The van der Waals surface area contributed by atoms with Crippen molar-refractivity contribution < 1.29 is 9.90 Å². The van der Waals surface area contributed by atoms with Crippen molar-refractivity contribution in [2.24, 2.45) is 0 Å². The summed E-state index contributed by atoms with van der Waals surface area (Å²) in [4.78, 5) is 24.8. The Morgan fingerprint density at radius 2 is 1.84 bits per heavy atom. The highest BCUT2D eigenvalue weighted by molar-refractivity contribution is 5.94. The Labute approximate surface area is 144 Å². The standard InChI is InChI=1S/C20H18N2O3/c21-22-16-11-4-3-9-15(16)19(23)17(20(24)25)18(22)14-10-5-7-12-6-1-2-8-13(12)14/h1-4,6,8-9,11,14H,5,7,10,21H2,(H,24,25). The van der Waals surface area contributed by atoms with Crippen molar-refractivity contribution in [3.63, 3.8) is 0 Å². The summed E-state index contributed by atoms with van der Waals surface area (Å²) in [5.74, 6) is 4.90. The van der Waals surface area contributed by atoms with Gasteiger partial charge in [0, 0.05) is 11.3 Å². The van der Waals surface area contributed by atoms with E-state index in [9.17, 15) is 14.7 Å². The van der Waals surface area contributed by atoms with E-state index in [1.807, 2.05) is 18.2 Å². The number of nitrogen functional groups attached to an aromatic ring is 1. The van der Waals surface area contributed by atoms with Gasteiger partial charge in [-0.25, -0.2) is 4.79 Å². The number of aryl methyl sites for hydroxylation is 1. The van der Waals surface area contributed by atoms with E-state index >= 15 is 0 Å². The van der Waals surface area contributed by atoms with Gasteiger partial charge in [0.15, 0.2) is 0 Å². The maximum atomic E-state index is 12.8. The van der Waals surface area contributed by atoms with Gasteiger partial charge in [0.2, 0.25) is 5.43 Å². The molecule has 0 saturated carbocycles. The number of aromatic nitrogens is 1. The van der Waals surface area contributed by atoms with Crippen LogP contribution in [-0.4, -0.2) is 15.8 Å². The molecule has 1 unspecified atom stereocenters. The molecule has 5 heteroatoms. The molecule has 126 valence electrons. The summed E-state index contributed by atoms with van der Waals surface area (Å²) in [6, 6.07) is 14.9. The first-order valence-corrected chi connectivity index (χ1v) is 8.33. The van der Waals surface area contributed by atoms with Crippen molar-refractivity contribution in [2.45, 2.75) is 25.2 Å². The van der Waals surface area contributed by atoms with Crippen molar-refractivity contribution in [2.75, 3.05) is 5.84 Å². The van der Waals surface area contributed by atoms with E-state index in [1.165, 1.54) is 10.2 Å². The normalized spacial score (nSPS) is 16.6. The molecule has 25 heavy (non-hydrogen) atoms. The van der Waals surface area contributed by atoms with Crippen LogP contribution in [0.1, 0.15) is 45.9 Å². The maximum Gasteiger partial charge on any atom is 0.341 e. The zero-order valence-corrected chi connectivity index (χ0v) is 13.6. The number of rotatable bonds is 2. The second-order valence-corrected chi connectivity index (χ2v) is 6.43. The number of benzene rings is 2. The molecule has 1 aliphatic carbocycles. The molecule has 0 aliphatic heterocycles. The van der Waals surface area contributed by atoms with E-state index in [0.717, 1.165) is 24.8 Å². The molecule has 0 bridgehead atoms. The van der Waals surface area contributed by atoms with Crippen LogP contribution in [-0.2, 0) is 6.42 Å². The van der Waals surface area contributed by atoms with Crippen LogP contribution in [0.4, 0.5) is 0 Å². The minimum Gasteiger partial charge on any atom is -0.477 e. The van der Waals surface area contributed by atoms with Crippen LogP contribution < -0.4 is 11.3 Å². The minimum atomic E-state index is -1.23. The molecule has 0 fully saturated rings. The fourth-order valence-corrected chi connectivity index (χ4v) is 3.96. The molecule has 5 nitrogen and oxygen atoms in total. The molecule has 1 aromatic heterocycles. The number of pyridine rings is 1. The van der Waals surface area contributed by atoms with Gasteiger partial charge in [-0.15, -0.1) is 0 Å². The molecule has 2 aromatic carbocycles. The third kappa shape index (κ3) is 2.31. The maximum absolute atomic E-state index is 12.8. The molecule has 1 atom stereocenters. The highest BCUT2D eigenvalue weighted by Gasteiger charge is 2.30. The molecule has 1 heterocycles. The topological polar surface area (TPSA) is 85.3 Å². The Morgan fingerprint density at radius 1 is 1.12 bits per heavy atom. The van der Waals surface area contributed by atoms with Crippen LogP contribution >= 0.6 is 0 Å². The highest BCUT2D eigenvalue weighted by atomic mass is 16.4. The zero-order valence-electron chi connectivity index (χ0n) is 13.6. The second kappa shape index (κ2) is 5.77. The monoisotopic (exact) mass is 334 g/mol. The van der Waals surface area contributed by atoms with Gasteiger partial charge in [0.1, 0.15) is 5.56 Å². The Morgan fingerprint density at radius 3 is 2.64 bits per heavy atom. The first-order chi connectivity index (χ1) is 12.1. The van der Waals surface area contributed by atoms with Crippen LogP contribution in [0.3, 0.4) is 0 Å². The molecule has 4 rings (SSSR count). The van der Waals surface area contributed by atoms with Crippen molar-refractivity contribution in [3.05, 3.63) is 81.1 Å². The van der Waals surface area contributed by atoms with Gasteiger partial charge in [-0.2, -0.15) is 0 Å². The number of hydrogen-bond acceptors (Lipinski definition) is 3. The number of carbonyl (C=O) groups is 1. The zero-order chi connectivity index (χ0) is 17.6. The van der Waals surface area contributed by atoms with Gasteiger partial charge in [-0.05, 0) is 42.5 Å². The Bertz CT molecular complexity index is 1050. The predicted octanol–water partition coefficient (Wildman–Crippen LogP) is 2.88. The summed E-state index contributed by atoms with van der Waals surface area (Å²) in [5.41, 5.74) is 2.51. The molecular weight excluding hydrogens is 316 g/mol. The highest BCUT2D eigenvalue weighted by Crippen LogP contribution is 2.37. The first-order valence-electron chi connectivity index (χ1n) is 8.33. The number of nitrogens with two attached hydrogens (primary N) is 1. The quantitative estimate of drug-likeness (QED) is 0.706. The number of para-hydroxylation sites is 1. The lowest BCUT2D eigenvalue weighted by atomic mass is 9.79. The number of carboxylic acid groups (broad SMARTS) is 1. The molecule has 0 radical (unpaired) electrons. The Kier molecular flexibility index (Phi) is 3.57. The third-order valence-corrected chi connectivity index (χ3v) is 5.06. The smallest absolute Gasteiger partial charge is 0.341 e. The molecular formula is C20H18N2O3. The number of fused-ring (bicyclic) bond motifs is 2. The van der Waals surface area contributed by atoms with Crippen molar-refractivity contribution in [3.8, 4) is 0 Å². The average Bonchev–Trinajstić information content (AvgIpc) is 2.64. The average molecular weight is 334 g/mol. The summed E-state index contributed by atoms with van der Waals surface area (Å²) in [6.07, 6.45) is 2.66. The molecule has 1 aliphatic rings. The first kappa shape index (κ1) is 15.4. The second-order valence-electron chi connectivity index (χ2n) is 6.43. The Balaban J connectivity index is 2.09. The summed E-state index contributed by atoms with van der Waals surface area (Å²) >= 11 is 0. The number of nitrogens with zero attached hydrogens (tertiary/aromatic N) is 1. The molecule has 3 N–H and O–H groups in total. The lowest BCUT2D eigenvalue weighted by Gasteiger charge is -2.28. The summed E-state index contributed by atoms with van der Waals surface area (Å²) < 4.78 is 1.40. The van der Waals surface area contributed by atoms with Crippen molar-refractivity contribution in [1.29, 1.82) is 0 Å². The van der Waals surface area contributed by atoms with Gasteiger partial charge in [-0.1, -0.05) is 36.4 Å². The Hall–Kier alpha value is -3.08. The number of carboxylic acids is 1. The summed E-state index contributed by atoms with van der Waals surface area (Å²) in [6.45, 7) is 0. The van der Waals surface area contributed by atoms with Gasteiger partial charge in [0.25, 0.3) is 0 Å². The van der Waals surface area contributed by atoms with Gasteiger partial charge in [-0.3, -0.25) is 9.47 Å². The van der Waals surface area contributed by atoms with E-state index in [0.29, 0.717) is 16.6 Å². The molecule has 0 spiro atoms. The van der Waals surface area contributed by atoms with Crippen molar-refractivity contribution in [1.82, 2.24) is 4.68 Å². The summed E-state index contributed by atoms with van der Waals surface area (Å²) in [5, 5.41) is 10.1. The number of aromatic carboxylic acids is 1. The van der Waals surface area contributed by atoms with Crippen LogP contribution in [0.15, 0.2) is 53.3 Å². The van der Waals surface area contributed by atoms with Gasteiger partial charge < -0.3 is 10.9 Å². The minimum absolute atomic E-state index is 0.196. The van der Waals surface area contributed by atoms with Crippen molar-refractivity contribution >= 4 is 16.9 Å². The molecule has 0 amide bonds. The summed E-state index contributed by atoms with van der Waals surface area (Å²) in [7, 11) is 0. The van der Waals surface area contributed by atoms with Crippen LogP contribution in [0.5, 0.6) is 0 Å².